The van der Waals surface area contributed by atoms with E-state index in [0.29, 0.717) is 16.5 Å². The lowest BCUT2D eigenvalue weighted by Gasteiger charge is -2.15. The summed E-state index contributed by atoms with van der Waals surface area (Å²) in [6.45, 7) is 0.130. The lowest BCUT2D eigenvalue weighted by Crippen LogP contribution is -2.23. The van der Waals surface area contributed by atoms with Crippen molar-refractivity contribution in [3.63, 3.8) is 0 Å². The van der Waals surface area contributed by atoms with Crippen LogP contribution in [-0.4, -0.2) is 9.67 Å². The minimum atomic E-state index is -0.728. The highest BCUT2D eigenvalue weighted by Crippen LogP contribution is 2.38. The van der Waals surface area contributed by atoms with E-state index in [1.165, 1.54) is 28.5 Å². The van der Waals surface area contributed by atoms with Crippen LogP contribution in [0.2, 0.25) is 0 Å². The van der Waals surface area contributed by atoms with Gasteiger partial charge in [-0.05, 0) is 60.2 Å². The molecule has 39 heavy (non-hydrogen) atoms. The van der Waals surface area contributed by atoms with Gasteiger partial charge in [-0.25, -0.2) is 9.18 Å². The van der Waals surface area contributed by atoms with E-state index in [1.807, 2.05) is 60.7 Å². The molecule has 192 valence electrons. The predicted molar refractivity (Wildman–Crippen MR) is 153 cm³/mol. The summed E-state index contributed by atoms with van der Waals surface area (Å²) in [6, 6.07) is 30.3. The number of benzene rings is 4. The summed E-state index contributed by atoms with van der Waals surface area (Å²) in [5, 5.41) is 11.7. The molecule has 0 unspecified atom stereocenters. The van der Waals surface area contributed by atoms with Crippen LogP contribution in [0.3, 0.4) is 0 Å². The van der Waals surface area contributed by atoms with Crippen molar-refractivity contribution in [2.45, 2.75) is 26.1 Å². The number of rotatable bonds is 6. The van der Waals surface area contributed by atoms with Crippen LogP contribution in [-0.2, 0) is 6.54 Å². The molecule has 0 amide bonds. The van der Waals surface area contributed by atoms with E-state index in [0.717, 1.165) is 26.4 Å². The van der Waals surface area contributed by atoms with Gasteiger partial charge in [0, 0.05) is 20.1 Å². The SMILES string of the molecule is O=c1oc2c(c(O)c1Sc1ccccc1)c(=O)n(Cc1ccc(F)cc1)c1cc(Sc3ccccc3)ccc21. The molecular formula is C31H20FNO4S2. The monoisotopic (exact) mass is 553 g/mol. The molecule has 2 aromatic heterocycles. The summed E-state index contributed by atoms with van der Waals surface area (Å²) in [7, 11) is 0. The van der Waals surface area contributed by atoms with Crippen molar-refractivity contribution in [1.29, 1.82) is 0 Å². The van der Waals surface area contributed by atoms with E-state index >= 15 is 0 Å². The van der Waals surface area contributed by atoms with Crippen molar-refractivity contribution < 1.29 is 13.9 Å². The summed E-state index contributed by atoms with van der Waals surface area (Å²) in [5.41, 5.74) is 0.0229. The third-order valence-corrected chi connectivity index (χ3v) is 8.29. The Kier molecular flexibility index (Phi) is 6.72. The summed E-state index contributed by atoms with van der Waals surface area (Å²) < 4.78 is 20.8. The fourth-order valence-electron chi connectivity index (χ4n) is 4.38. The normalized spacial score (nSPS) is 11.3. The first kappa shape index (κ1) is 25.0. The summed E-state index contributed by atoms with van der Waals surface area (Å²) in [4.78, 5) is 29.6. The van der Waals surface area contributed by atoms with Gasteiger partial charge >= 0.3 is 5.63 Å². The zero-order valence-electron chi connectivity index (χ0n) is 20.3. The van der Waals surface area contributed by atoms with Crippen molar-refractivity contribution >= 4 is 45.4 Å². The molecule has 1 N–H and O–H groups in total. The van der Waals surface area contributed by atoms with Gasteiger partial charge in [-0.2, -0.15) is 0 Å². The van der Waals surface area contributed by atoms with E-state index < -0.39 is 16.9 Å². The molecule has 2 heterocycles. The van der Waals surface area contributed by atoms with Crippen LogP contribution >= 0.6 is 23.5 Å². The van der Waals surface area contributed by atoms with Crippen molar-refractivity contribution in [2.24, 2.45) is 0 Å². The fraction of sp³-hybridized carbons (Fsp3) is 0.0323. The van der Waals surface area contributed by atoms with Gasteiger partial charge in [0.05, 0.1) is 12.1 Å². The number of nitrogens with zero attached hydrogens (tertiary/aromatic N) is 1. The Hall–Kier alpha value is -4.27. The number of fused-ring (bicyclic) bond motifs is 3. The first-order valence-electron chi connectivity index (χ1n) is 12.0. The van der Waals surface area contributed by atoms with Gasteiger partial charge < -0.3 is 14.1 Å². The Morgan fingerprint density at radius 3 is 2.08 bits per heavy atom. The molecule has 6 aromatic rings. The molecule has 8 heteroatoms. The van der Waals surface area contributed by atoms with Crippen molar-refractivity contribution in [2.75, 3.05) is 0 Å². The average molecular weight is 554 g/mol. The summed E-state index contributed by atoms with van der Waals surface area (Å²) in [5.74, 6) is -0.796. The summed E-state index contributed by atoms with van der Waals surface area (Å²) in [6.07, 6.45) is 0. The number of aromatic hydroxyl groups is 1. The highest BCUT2D eigenvalue weighted by Gasteiger charge is 2.23. The molecule has 0 aliphatic carbocycles. The van der Waals surface area contributed by atoms with Gasteiger partial charge in [0.1, 0.15) is 16.1 Å². The maximum atomic E-state index is 14.0. The highest BCUT2D eigenvalue weighted by molar-refractivity contribution is 7.99. The molecule has 0 fully saturated rings. The van der Waals surface area contributed by atoms with Gasteiger partial charge in [-0.1, -0.05) is 72.1 Å². The van der Waals surface area contributed by atoms with E-state index in [9.17, 15) is 19.1 Å². The number of aromatic nitrogens is 1. The zero-order chi connectivity index (χ0) is 26.9. The molecule has 0 aliphatic heterocycles. The van der Waals surface area contributed by atoms with Crippen LogP contribution in [0.1, 0.15) is 5.56 Å². The second-order valence-electron chi connectivity index (χ2n) is 8.80. The first-order chi connectivity index (χ1) is 19.0. The second-order valence-corrected chi connectivity index (χ2v) is 11.0. The molecule has 0 saturated heterocycles. The van der Waals surface area contributed by atoms with Gasteiger partial charge in [0.2, 0.25) is 0 Å². The van der Waals surface area contributed by atoms with Gasteiger partial charge in [0.15, 0.2) is 11.3 Å². The number of hydrogen-bond acceptors (Lipinski definition) is 6. The maximum Gasteiger partial charge on any atom is 0.354 e. The zero-order valence-corrected chi connectivity index (χ0v) is 22.0. The third kappa shape index (κ3) is 4.96. The second kappa shape index (κ2) is 10.5. The van der Waals surface area contributed by atoms with Crippen LogP contribution in [0.25, 0.3) is 21.9 Å². The quantitative estimate of drug-likeness (QED) is 0.218. The minimum Gasteiger partial charge on any atom is -0.505 e. The molecule has 0 atom stereocenters. The Bertz CT molecular complexity index is 1940. The topological polar surface area (TPSA) is 72.4 Å². The van der Waals surface area contributed by atoms with Gasteiger partial charge in [-0.15, -0.1) is 0 Å². The molecule has 0 radical (unpaired) electrons. The van der Waals surface area contributed by atoms with E-state index in [4.69, 9.17) is 4.42 Å². The maximum absolute atomic E-state index is 14.0. The lowest BCUT2D eigenvalue weighted by molar-refractivity contribution is 0.446. The molecule has 5 nitrogen and oxygen atoms in total. The Morgan fingerprint density at radius 1 is 0.769 bits per heavy atom. The standard InChI is InChI=1S/C31H20FNO4S2/c32-20-13-11-19(12-14-20)18-33-25-17-23(38-21-7-3-1-4-8-21)15-16-24(25)28-26(30(33)35)27(34)29(31(36)37-28)39-22-9-5-2-6-10-22/h1-17,34H,18H2. The minimum absolute atomic E-state index is 0.0292. The van der Waals surface area contributed by atoms with E-state index in [-0.39, 0.29) is 28.2 Å². The third-order valence-electron chi connectivity index (χ3n) is 6.22. The fourth-order valence-corrected chi connectivity index (χ4v) is 6.11. The Morgan fingerprint density at radius 2 is 1.41 bits per heavy atom. The average Bonchev–Trinajstić information content (AvgIpc) is 2.95. The number of halogens is 1. The Labute approximate surface area is 230 Å². The Balaban J connectivity index is 1.59. The van der Waals surface area contributed by atoms with Crippen molar-refractivity contribution in [3.8, 4) is 5.75 Å². The van der Waals surface area contributed by atoms with Crippen LogP contribution < -0.4 is 11.2 Å². The smallest absolute Gasteiger partial charge is 0.354 e. The van der Waals surface area contributed by atoms with Crippen molar-refractivity contribution in [3.05, 3.63) is 135 Å². The summed E-state index contributed by atoms with van der Waals surface area (Å²) >= 11 is 2.57. The molecule has 0 saturated carbocycles. The van der Waals surface area contributed by atoms with Gasteiger partial charge in [-0.3, -0.25) is 4.79 Å². The van der Waals surface area contributed by atoms with Crippen LogP contribution in [0.4, 0.5) is 4.39 Å². The largest absolute Gasteiger partial charge is 0.505 e. The molecule has 0 aliphatic rings. The van der Waals surface area contributed by atoms with Crippen molar-refractivity contribution in [1.82, 2.24) is 4.57 Å². The predicted octanol–water partition coefficient (Wildman–Crippen LogP) is 7.30. The van der Waals surface area contributed by atoms with Crippen LogP contribution in [0.15, 0.2) is 137 Å². The number of pyridine rings is 1. The first-order valence-corrected chi connectivity index (χ1v) is 13.7. The molecule has 0 spiro atoms. The van der Waals surface area contributed by atoms with Crippen LogP contribution in [0, 0.1) is 5.82 Å². The molecule has 4 aromatic carbocycles. The molecular weight excluding hydrogens is 533 g/mol. The highest BCUT2D eigenvalue weighted by atomic mass is 32.2. The van der Waals surface area contributed by atoms with E-state index in [2.05, 4.69) is 0 Å². The van der Waals surface area contributed by atoms with Crippen LogP contribution in [0.5, 0.6) is 5.75 Å². The lowest BCUT2D eigenvalue weighted by atomic mass is 10.1. The van der Waals surface area contributed by atoms with E-state index in [1.54, 1.807) is 30.3 Å². The molecule has 0 bridgehead atoms. The van der Waals surface area contributed by atoms with Gasteiger partial charge in [0.25, 0.3) is 5.56 Å². The molecule has 6 rings (SSSR count). The number of hydrogen-bond donors (Lipinski definition) is 1.